The van der Waals surface area contributed by atoms with Crippen LogP contribution >= 0.6 is 0 Å². The minimum atomic E-state index is 0.879. The summed E-state index contributed by atoms with van der Waals surface area (Å²) < 4.78 is 10.8. The van der Waals surface area contributed by atoms with Crippen molar-refractivity contribution in [2.75, 3.05) is 0 Å². The molecule has 3 heterocycles. The SMILES string of the molecule is CC.c1ccc2c(c1)nc1n(-c3cccc4c3oc3ccccc34)c3ccccc3n21. The zero-order chi connectivity index (χ0) is 20.9. The molecule has 4 heteroatoms. The van der Waals surface area contributed by atoms with Gasteiger partial charge >= 0.3 is 0 Å². The highest BCUT2D eigenvalue weighted by atomic mass is 16.3. The number of fused-ring (bicyclic) bond motifs is 8. The van der Waals surface area contributed by atoms with Crippen molar-refractivity contribution < 1.29 is 4.42 Å². The number of para-hydroxylation sites is 6. The fraction of sp³-hybridized carbons (Fsp3) is 0.0741. The van der Waals surface area contributed by atoms with E-state index < -0.39 is 0 Å². The van der Waals surface area contributed by atoms with Crippen LogP contribution in [0.1, 0.15) is 13.8 Å². The Hall–Kier alpha value is -4.05. The molecular formula is C27H21N3O. The second-order valence-electron chi connectivity index (χ2n) is 7.31. The molecule has 31 heavy (non-hydrogen) atoms. The monoisotopic (exact) mass is 403 g/mol. The maximum Gasteiger partial charge on any atom is 0.220 e. The van der Waals surface area contributed by atoms with E-state index in [2.05, 4.69) is 81.8 Å². The van der Waals surface area contributed by atoms with Gasteiger partial charge in [-0.25, -0.2) is 4.98 Å². The lowest BCUT2D eigenvalue weighted by Gasteiger charge is -2.05. The van der Waals surface area contributed by atoms with Crippen molar-refractivity contribution in [3.8, 4) is 5.69 Å². The molecular weight excluding hydrogens is 382 g/mol. The molecule has 0 N–H and O–H groups in total. The van der Waals surface area contributed by atoms with E-state index in [9.17, 15) is 0 Å². The van der Waals surface area contributed by atoms with Gasteiger partial charge in [-0.1, -0.05) is 68.4 Å². The van der Waals surface area contributed by atoms with Crippen molar-refractivity contribution in [1.82, 2.24) is 14.0 Å². The second kappa shape index (κ2) is 6.74. The van der Waals surface area contributed by atoms with Gasteiger partial charge in [-0.05, 0) is 36.4 Å². The number of hydrogen-bond donors (Lipinski definition) is 0. The zero-order valence-corrected chi connectivity index (χ0v) is 17.4. The topological polar surface area (TPSA) is 35.4 Å². The Morgan fingerprint density at radius 3 is 2.19 bits per heavy atom. The van der Waals surface area contributed by atoms with E-state index >= 15 is 0 Å². The van der Waals surface area contributed by atoms with Crippen molar-refractivity contribution >= 4 is 49.8 Å². The van der Waals surface area contributed by atoms with Crippen LogP contribution in [0.4, 0.5) is 0 Å². The first kappa shape index (κ1) is 17.8. The predicted molar refractivity (Wildman–Crippen MR) is 128 cm³/mol. The Labute approximate surface area is 179 Å². The molecule has 7 aromatic rings. The number of aromatic nitrogens is 3. The minimum Gasteiger partial charge on any atom is -0.454 e. The van der Waals surface area contributed by atoms with Gasteiger partial charge in [0.2, 0.25) is 5.78 Å². The maximum absolute atomic E-state index is 6.32. The molecule has 0 saturated carbocycles. The Morgan fingerprint density at radius 1 is 0.645 bits per heavy atom. The van der Waals surface area contributed by atoms with Crippen LogP contribution in [0, 0.1) is 0 Å². The highest BCUT2D eigenvalue weighted by Gasteiger charge is 2.19. The zero-order valence-electron chi connectivity index (χ0n) is 17.4. The molecule has 0 unspecified atom stereocenters. The van der Waals surface area contributed by atoms with Crippen LogP contribution < -0.4 is 0 Å². The van der Waals surface area contributed by atoms with E-state index in [1.807, 2.05) is 32.0 Å². The molecule has 150 valence electrons. The molecule has 4 aromatic carbocycles. The van der Waals surface area contributed by atoms with Crippen LogP contribution in [0.3, 0.4) is 0 Å². The second-order valence-corrected chi connectivity index (χ2v) is 7.31. The summed E-state index contributed by atoms with van der Waals surface area (Å²) >= 11 is 0. The van der Waals surface area contributed by atoms with Crippen LogP contribution in [-0.4, -0.2) is 14.0 Å². The predicted octanol–water partition coefficient (Wildman–Crippen LogP) is 7.36. The third-order valence-electron chi connectivity index (χ3n) is 5.73. The van der Waals surface area contributed by atoms with E-state index in [0.717, 1.165) is 55.5 Å². The van der Waals surface area contributed by atoms with E-state index in [-0.39, 0.29) is 0 Å². The summed E-state index contributed by atoms with van der Waals surface area (Å²) in [5, 5.41) is 2.25. The molecule has 3 aromatic heterocycles. The highest BCUT2D eigenvalue weighted by Crippen LogP contribution is 2.36. The largest absolute Gasteiger partial charge is 0.454 e. The van der Waals surface area contributed by atoms with Gasteiger partial charge in [-0.15, -0.1) is 0 Å². The number of benzene rings is 4. The van der Waals surface area contributed by atoms with Crippen LogP contribution in [0.5, 0.6) is 0 Å². The van der Waals surface area contributed by atoms with Crippen molar-refractivity contribution in [2.24, 2.45) is 0 Å². The van der Waals surface area contributed by atoms with Crippen molar-refractivity contribution in [2.45, 2.75) is 13.8 Å². The fourth-order valence-electron chi connectivity index (χ4n) is 4.50. The Bertz CT molecular complexity index is 1710. The summed E-state index contributed by atoms with van der Waals surface area (Å²) in [5.41, 5.74) is 7.10. The molecule has 0 saturated heterocycles. The van der Waals surface area contributed by atoms with Crippen molar-refractivity contribution in [3.63, 3.8) is 0 Å². The number of nitrogens with zero attached hydrogens (tertiary/aromatic N) is 3. The summed E-state index contributed by atoms with van der Waals surface area (Å²) in [5.74, 6) is 0.889. The molecule has 0 bridgehead atoms. The quantitative estimate of drug-likeness (QED) is 0.287. The van der Waals surface area contributed by atoms with Gasteiger partial charge in [0.25, 0.3) is 0 Å². The van der Waals surface area contributed by atoms with Crippen molar-refractivity contribution in [3.05, 3.63) is 91.0 Å². The van der Waals surface area contributed by atoms with Gasteiger partial charge in [0.05, 0.1) is 27.8 Å². The van der Waals surface area contributed by atoms with E-state index in [1.165, 1.54) is 0 Å². The third kappa shape index (κ3) is 2.39. The third-order valence-corrected chi connectivity index (χ3v) is 5.73. The first-order valence-electron chi connectivity index (χ1n) is 10.7. The van der Waals surface area contributed by atoms with E-state index in [0.29, 0.717) is 0 Å². The Balaban J connectivity index is 0.000000902. The van der Waals surface area contributed by atoms with Crippen LogP contribution in [0.25, 0.3) is 55.5 Å². The van der Waals surface area contributed by atoms with Gasteiger partial charge in [-0.2, -0.15) is 0 Å². The average Bonchev–Trinajstić information content (AvgIpc) is 3.49. The molecule has 7 rings (SSSR count). The van der Waals surface area contributed by atoms with Crippen LogP contribution in [-0.2, 0) is 0 Å². The maximum atomic E-state index is 6.32. The smallest absolute Gasteiger partial charge is 0.220 e. The molecule has 0 aliphatic carbocycles. The fourth-order valence-corrected chi connectivity index (χ4v) is 4.50. The lowest BCUT2D eigenvalue weighted by Crippen LogP contribution is -1.95. The summed E-state index contributed by atoms with van der Waals surface area (Å²) in [6.45, 7) is 4.00. The van der Waals surface area contributed by atoms with E-state index in [1.54, 1.807) is 0 Å². The summed E-state index contributed by atoms with van der Waals surface area (Å²) in [6, 6.07) is 31.2. The molecule has 0 fully saturated rings. The first-order chi connectivity index (χ1) is 15.4. The van der Waals surface area contributed by atoms with Gasteiger partial charge in [0.1, 0.15) is 5.58 Å². The Morgan fingerprint density at radius 2 is 1.32 bits per heavy atom. The van der Waals surface area contributed by atoms with Gasteiger partial charge in [0, 0.05) is 10.8 Å². The first-order valence-corrected chi connectivity index (χ1v) is 10.7. The average molecular weight is 403 g/mol. The van der Waals surface area contributed by atoms with Gasteiger partial charge in [0.15, 0.2) is 5.58 Å². The molecule has 0 radical (unpaired) electrons. The summed E-state index contributed by atoms with van der Waals surface area (Å²) in [4.78, 5) is 4.97. The minimum absolute atomic E-state index is 0.879. The van der Waals surface area contributed by atoms with Crippen LogP contribution in [0.2, 0.25) is 0 Å². The Kier molecular flexibility index (Phi) is 3.87. The standard InChI is InChI=1S/C25H15N3O.C2H6/c1-6-15-23-16(8-1)17-9-7-14-22(24(17)29-23)28-21-13-5-4-12-20(21)27-19-11-3-2-10-18(19)26-25(27)28;1-2/h1-15H;1-2H3. The number of imidazole rings is 2. The molecule has 0 spiro atoms. The molecule has 0 amide bonds. The van der Waals surface area contributed by atoms with Gasteiger partial charge < -0.3 is 4.42 Å². The van der Waals surface area contributed by atoms with E-state index in [4.69, 9.17) is 9.40 Å². The van der Waals surface area contributed by atoms with Crippen LogP contribution in [0.15, 0.2) is 95.4 Å². The normalized spacial score (nSPS) is 11.5. The lowest BCUT2D eigenvalue weighted by atomic mass is 10.1. The number of rotatable bonds is 1. The molecule has 4 nitrogen and oxygen atoms in total. The molecule has 0 aliphatic rings. The highest BCUT2D eigenvalue weighted by molar-refractivity contribution is 6.08. The summed E-state index contributed by atoms with van der Waals surface area (Å²) in [6.07, 6.45) is 0. The molecule has 0 atom stereocenters. The molecule has 0 aliphatic heterocycles. The van der Waals surface area contributed by atoms with Gasteiger partial charge in [-0.3, -0.25) is 8.97 Å². The number of furan rings is 1. The summed E-state index contributed by atoms with van der Waals surface area (Å²) in [7, 11) is 0. The number of hydrogen-bond acceptors (Lipinski definition) is 2. The van der Waals surface area contributed by atoms with Crippen molar-refractivity contribution in [1.29, 1.82) is 0 Å². The lowest BCUT2D eigenvalue weighted by molar-refractivity contribution is 0.666.